The molecule has 128 valence electrons. The highest BCUT2D eigenvalue weighted by atomic mass is 19.1. The molecular formula is C13H17FN2O7. The zero-order valence-corrected chi connectivity index (χ0v) is 12.6. The van der Waals surface area contributed by atoms with Gasteiger partial charge >= 0.3 is 17.6 Å². The van der Waals surface area contributed by atoms with Crippen LogP contribution in [0.5, 0.6) is 0 Å². The smallest absolute Gasteiger partial charge is 0.330 e. The quantitative estimate of drug-likeness (QED) is 0.639. The van der Waals surface area contributed by atoms with E-state index in [0.29, 0.717) is 0 Å². The van der Waals surface area contributed by atoms with Gasteiger partial charge in [0.1, 0.15) is 26.0 Å². The van der Waals surface area contributed by atoms with Crippen molar-refractivity contribution >= 4 is 11.9 Å². The molecule has 0 aliphatic rings. The van der Waals surface area contributed by atoms with E-state index in [2.05, 4.69) is 0 Å². The van der Waals surface area contributed by atoms with Gasteiger partial charge in [0.25, 0.3) is 5.56 Å². The summed E-state index contributed by atoms with van der Waals surface area (Å²) in [5.41, 5.74) is -1.50. The van der Waals surface area contributed by atoms with E-state index in [1.54, 1.807) is 0 Å². The van der Waals surface area contributed by atoms with Crippen molar-refractivity contribution in [3.05, 3.63) is 33.1 Å². The highest BCUT2D eigenvalue weighted by Gasteiger charge is 2.21. The highest BCUT2D eigenvalue weighted by Crippen LogP contribution is 2.11. The number of aromatic amines is 1. The largest absolute Gasteiger partial charge is 0.463 e. The summed E-state index contributed by atoms with van der Waals surface area (Å²) in [4.78, 5) is 46.3. The summed E-state index contributed by atoms with van der Waals surface area (Å²) < 4.78 is 28.8. The lowest BCUT2D eigenvalue weighted by Gasteiger charge is -2.23. The number of alkyl halides is 1. The molecule has 0 aliphatic carbocycles. The predicted octanol–water partition coefficient (Wildman–Crippen LogP) is -0.484. The summed E-state index contributed by atoms with van der Waals surface area (Å²) in [6, 6.07) is 1.03. The van der Waals surface area contributed by atoms with Crippen molar-refractivity contribution < 1.29 is 28.2 Å². The fraction of sp³-hybridized carbons (Fsp3) is 0.538. The molecule has 10 heteroatoms. The van der Waals surface area contributed by atoms with Crippen LogP contribution in [0.3, 0.4) is 0 Å². The maximum atomic E-state index is 13.2. The van der Waals surface area contributed by atoms with Gasteiger partial charge in [-0.15, -0.1) is 0 Å². The monoisotopic (exact) mass is 332 g/mol. The average molecular weight is 332 g/mol. The number of nitrogens with one attached hydrogen (secondary N) is 1. The molecule has 0 aliphatic heterocycles. The van der Waals surface area contributed by atoms with Crippen molar-refractivity contribution in [3.63, 3.8) is 0 Å². The van der Waals surface area contributed by atoms with E-state index < -0.39 is 42.2 Å². The minimum absolute atomic E-state index is 0.294. The summed E-state index contributed by atoms with van der Waals surface area (Å²) in [6.07, 6.45) is -1.29. The third-order valence-electron chi connectivity index (χ3n) is 2.59. The number of hydrogen-bond acceptors (Lipinski definition) is 7. The minimum Gasteiger partial charge on any atom is -0.463 e. The normalized spacial score (nSPS) is 12.0. The van der Waals surface area contributed by atoms with Crippen LogP contribution in [0.15, 0.2) is 21.9 Å². The molecule has 9 nitrogen and oxygen atoms in total. The second-order valence-electron chi connectivity index (χ2n) is 4.49. The molecule has 0 saturated carbocycles. The molecular weight excluding hydrogens is 315 g/mol. The van der Waals surface area contributed by atoms with Gasteiger partial charge in [0.2, 0.25) is 0 Å². The van der Waals surface area contributed by atoms with E-state index in [1.165, 1.54) is 13.8 Å². The topological polar surface area (TPSA) is 117 Å². The number of aromatic nitrogens is 2. The van der Waals surface area contributed by atoms with E-state index in [4.69, 9.17) is 14.2 Å². The molecule has 1 aromatic heterocycles. The molecule has 1 aromatic rings. The molecule has 23 heavy (non-hydrogen) atoms. The van der Waals surface area contributed by atoms with Gasteiger partial charge in [0.15, 0.2) is 6.23 Å². The zero-order chi connectivity index (χ0) is 17.4. The van der Waals surface area contributed by atoms with Crippen LogP contribution in [-0.4, -0.2) is 47.5 Å². The molecule has 0 amide bonds. The van der Waals surface area contributed by atoms with Gasteiger partial charge in [-0.05, 0) is 0 Å². The molecule has 1 rings (SSSR count). The molecule has 0 radical (unpaired) electrons. The summed E-state index contributed by atoms with van der Waals surface area (Å²) in [5.74, 6) is -1.20. The number of esters is 2. The lowest BCUT2D eigenvalue weighted by molar-refractivity contribution is -0.161. The standard InChI is InChI=1S/C13H17FN2O7/c1-8(17)21-6-10(7-22-9(2)18)23-12(5-14)16-4-3-11(19)15-13(16)20/h3-4,10,12H,5-7H2,1-2H3,(H,15,19,20)/t12-/m1/s1. The Hall–Kier alpha value is -2.49. The average Bonchev–Trinajstić information content (AvgIpc) is 2.47. The lowest BCUT2D eigenvalue weighted by atomic mass is 10.4. The van der Waals surface area contributed by atoms with Crippen LogP contribution in [0.2, 0.25) is 0 Å². The third-order valence-corrected chi connectivity index (χ3v) is 2.59. The fourth-order valence-electron chi connectivity index (χ4n) is 1.60. The lowest BCUT2D eigenvalue weighted by Crippen LogP contribution is -2.37. The Balaban J connectivity index is 2.87. The summed E-state index contributed by atoms with van der Waals surface area (Å²) >= 11 is 0. The first-order valence-corrected chi connectivity index (χ1v) is 6.63. The molecule has 0 unspecified atom stereocenters. The number of carbonyl (C=O) groups is 2. The molecule has 0 saturated heterocycles. The number of rotatable bonds is 8. The highest BCUT2D eigenvalue weighted by molar-refractivity contribution is 5.66. The first-order valence-electron chi connectivity index (χ1n) is 6.63. The van der Waals surface area contributed by atoms with Crippen molar-refractivity contribution in [3.8, 4) is 0 Å². The molecule has 0 spiro atoms. The molecule has 1 N–H and O–H groups in total. The van der Waals surface area contributed by atoms with Crippen LogP contribution in [0, 0.1) is 0 Å². The van der Waals surface area contributed by atoms with Crippen LogP contribution in [0.1, 0.15) is 20.1 Å². The first kappa shape index (κ1) is 18.6. The zero-order valence-electron chi connectivity index (χ0n) is 12.6. The Morgan fingerprint density at radius 3 is 2.22 bits per heavy atom. The van der Waals surface area contributed by atoms with E-state index in [9.17, 15) is 23.6 Å². The maximum Gasteiger partial charge on any atom is 0.330 e. The number of ether oxygens (including phenoxy) is 3. The summed E-state index contributed by atoms with van der Waals surface area (Å²) in [7, 11) is 0. The van der Waals surface area contributed by atoms with Gasteiger partial charge in [-0.1, -0.05) is 0 Å². The third kappa shape index (κ3) is 6.43. The number of hydrogen-bond donors (Lipinski definition) is 1. The van der Waals surface area contributed by atoms with Crippen molar-refractivity contribution in [2.45, 2.75) is 26.2 Å². The number of halogens is 1. The van der Waals surface area contributed by atoms with Crippen molar-refractivity contribution in [1.29, 1.82) is 0 Å². The van der Waals surface area contributed by atoms with Crippen molar-refractivity contribution in [1.82, 2.24) is 9.55 Å². The maximum absolute atomic E-state index is 13.2. The summed E-state index contributed by atoms with van der Waals surface area (Å²) in [5, 5.41) is 0. The van der Waals surface area contributed by atoms with Crippen molar-refractivity contribution in [2.75, 3.05) is 19.9 Å². The van der Waals surface area contributed by atoms with E-state index >= 15 is 0 Å². The predicted molar refractivity (Wildman–Crippen MR) is 74.5 cm³/mol. The number of nitrogens with zero attached hydrogens (tertiary/aromatic N) is 1. The van der Waals surface area contributed by atoms with Crippen LogP contribution >= 0.6 is 0 Å². The van der Waals surface area contributed by atoms with Gasteiger partial charge in [-0.2, -0.15) is 0 Å². The van der Waals surface area contributed by atoms with Gasteiger partial charge in [0.05, 0.1) is 0 Å². The fourth-order valence-corrected chi connectivity index (χ4v) is 1.60. The van der Waals surface area contributed by atoms with Crippen molar-refractivity contribution in [2.24, 2.45) is 0 Å². The molecule has 0 bridgehead atoms. The second kappa shape index (κ2) is 8.83. The second-order valence-corrected chi connectivity index (χ2v) is 4.49. The molecule has 0 fully saturated rings. The molecule has 1 atom stereocenters. The number of carbonyl (C=O) groups excluding carboxylic acids is 2. The Labute approximate surface area is 130 Å². The van der Waals surface area contributed by atoms with E-state index in [0.717, 1.165) is 16.8 Å². The van der Waals surface area contributed by atoms with Gasteiger partial charge < -0.3 is 14.2 Å². The number of H-pyrrole nitrogens is 1. The Morgan fingerprint density at radius 1 is 1.22 bits per heavy atom. The van der Waals surface area contributed by atoms with Crippen LogP contribution in [0.4, 0.5) is 4.39 Å². The van der Waals surface area contributed by atoms with Gasteiger partial charge in [-0.3, -0.25) is 23.9 Å². The van der Waals surface area contributed by atoms with E-state index in [-0.39, 0.29) is 13.2 Å². The van der Waals surface area contributed by atoms with Crippen LogP contribution < -0.4 is 11.2 Å². The van der Waals surface area contributed by atoms with Crippen LogP contribution in [0.25, 0.3) is 0 Å². The SMILES string of the molecule is CC(=O)OCC(COC(C)=O)O[C@H](CF)n1ccc(=O)[nH]c1=O. The Kier molecular flexibility index (Phi) is 7.13. The summed E-state index contributed by atoms with van der Waals surface area (Å²) in [6.45, 7) is 0.654. The molecule has 0 aromatic carbocycles. The van der Waals surface area contributed by atoms with Crippen LogP contribution in [-0.2, 0) is 23.8 Å². The Morgan fingerprint density at radius 2 is 1.78 bits per heavy atom. The first-order chi connectivity index (χ1) is 10.8. The minimum atomic E-state index is -1.38. The molecule has 1 heterocycles. The Bertz CT molecular complexity index is 636. The van der Waals surface area contributed by atoms with Gasteiger partial charge in [0, 0.05) is 26.1 Å². The van der Waals surface area contributed by atoms with E-state index in [1.807, 2.05) is 4.98 Å². The van der Waals surface area contributed by atoms with Gasteiger partial charge in [-0.25, -0.2) is 9.18 Å².